The molecule has 3 aromatic heterocycles. The van der Waals surface area contributed by atoms with E-state index < -0.39 is 5.97 Å². The van der Waals surface area contributed by atoms with Gasteiger partial charge in [0.05, 0.1) is 27.0 Å². The van der Waals surface area contributed by atoms with Crippen LogP contribution in [0.4, 0.5) is 5.82 Å². The molecule has 0 saturated carbocycles. The molecule has 174 valence electrons. The zero-order chi connectivity index (χ0) is 23.5. The summed E-state index contributed by atoms with van der Waals surface area (Å²) in [5, 5.41) is 23.7. The largest absolute Gasteiger partial charge is 0.487 e. The van der Waals surface area contributed by atoms with Crippen LogP contribution < -0.4 is 9.64 Å². The number of aromatic carboxylic acids is 1. The molecule has 0 aliphatic carbocycles. The fourth-order valence-electron chi connectivity index (χ4n) is 3.83. The van der Waals surface area contributed by atoms with Crippen LogP contribution >= 0.6 is 22.9 Å². The number of ether oxygens (including phenoxy) is 1. The molecule has 0 bridgehead atoms. The molecule has 1 aliphatic heterocycles. The molecular weight excluding hydrogens is 478 g/mol. The van der Waals surface area contributed by atoms with Crippen LogP contribution in [0, 0.1) is 0 Å². The number of aromatic nitrogens is 6. The maximum atomic E-state index is 11.1. The van der Waals surface area contributed by atoms with Crippen LogP contribution in [0.15, 0.2) is 48.2 Å². The number of thiazole rings is 1. The minimum absolute atomic E-state index is 0.0876. The second kappa shape index (κ2) is 9.74. The second-order valence-corrected chi connectivity index (χ2v) is 9.11. The van der Waals surface area contributed by atoms with Crippen molar-refractivity contribution >= 4 is 34.7 Å². The van der Waals surface area contributed by atoms with E-state index in [2.05, 4.69) is 25.4 Å². The van der Waals surface area contributed by atoms with Gasteiger partial charge >= 0.3 is 5.97 Å². The maximum Gasteiger partial charge on any atom is 0.337 e. The predicted molar refractivity (Wildman–Crippen MR) is 126 cm³/mol. The molecule has 0 spiro atoms. The fraction of sp³-hybridized carbons (Fsp3) is 0.273. The van der Waals surface area contributed by atoms with E-state index in [0.29, 0.717) is 23.4 Å². The summed E-state index contributed by atoms with van der Waals surface area (Å²) in [5.74, 6) is 0.703. The van der Waals surface area contributed by atoms with E-state index in [4.69, 9.17) is 26.4 Å². The van der Waals surface area contributed by atoms with E-state index in [-0.39, 0.29) is 5.56 Å². The number of anilines is 1. The van der Waals surface area contributed by atoms with Crippen molar-refractivity contribution in [3.05, 3.63) is 69.5 Å². The maximum absolute atomic E-state index is 11.1. The summed E-state index contributed by atoms with van der Waals surface area (Å²) in [6.45, 7) is 1.96. The van der Waals surface area contributed by atoms with Crippen molar-refractivity contribution in [1.29, 1.82) is 0 Å². The Labute approximate surface area is 203 Å². The number of pyridine rings is 1. The smallest absolute Gasteiger partial charge is 0.337 e. The van der Waals surface area contributed by atoms with Crippen molar-refractivity contribution in [2.75, 3.05) is 18.0 Å². The SMILES string of the molecule is O=C(O)c1cnc(N2CCC(c3nc(COc4ccc(-n5cnnn5)cc4)cs3)CC2)c(Cl)c1. The van der Waals surface area contributed by atoms with Crippen molar-refractivity contribution < 1.29 is 14.6 Å². The summed E-state index contributed by atoms with van der Waals surface area (Å²) < 4.78 is 7.47. The van der Waals surface area contributed by atoms with Crippen LogP contribution in [0.1, 0.15) is 39.8 Å². The number of carboxylic acids is 1. The third-order valence-electron chi connectivity index (χ3n) is 5.62. The van der Waals surface area contributed by atoms with Gasteiger partial charge in [0.25, 0.3) is 0 Å². The van der Waals surface area contributed by atoms with Crippen LogP contribution in [0.25, 0.3) is 5.69 Å². The van der Waals surface area contributed by atoms with Gasteiger partial charge in [0, 0.05) is 30.6 Å². The number of hydrogen-bond donors (Lipinski definition) is 1. The topological polar surface area (TPSA) is 119 Å². The van der Waals surface area contributed by atoms with Crippen LogP contribution in [-0.2, 0) is 6.61 Å². The molecule has 0 radical (unpaired) electrons. The Morgan fingerprint density at radius 1 is 1.24 bits per heavy atom. The Hall–Kier alpha value is -3.57. The van der Waals surface area contributed by atoms with Crippen molar-refractivity contribution in [3.63, 3.8) is 0 Å². The van der Waals surface area contributed by atoms with Crippen LogP contribution in [0.5, 0.6) is 5.75 Å². The summed E-state index contributed by atoms with van der Waals surface area (Å²) in [6, 6.07) is 8.99. The van der Waals surface area contributed by atoms with Crippen LogP contribution in [0.2, 0.25) is 5.02 Å². The number of piperidine rings is 1. The van der Waals surface area contributed by atoms with Crippen LogP contribution in [0.3, 0.4) is 0 Å². The third kappa shape index (κ3) is 4.85. The van der Waals surface area contributed by atoms with Gasteiger partial charge in [0.1, 0.15) is 24.5 Å². The average Bonchev–Trinajstić information content (AvgIpc) is 3.56. The highest BCUT2D eigenvalue weighted by atomic mass is 35.5. The Bertz CT molecular complexity index is 1270. The number of carbonyl (C=O) groups is 1. The Morgan fingerprint density at radius 2 is 2.03 bits per heavy atom. The third-order valence-corrected chi connectivity index (χ3v) is 6.95. The summed E-state index contributed by atoms with van der Waals surface area (Å²) in [7, 11) is 0. The second-order valence-electron chi connectivity index (χ2n) is 7.81. The van der Waals surface area contributed by atoms with Crippen molar-refractivity contribution in [2.24, 2.45) is 0 Å². The molecular formula is C22H20ClN7O3S. The molecule has 1 fully saturated rings. The first-order chi connectivity index (χ1) is 16.6. The highest BCUT2D eigenvalue weighted by molar-refractivity contribution is 7.09. The van der Waals surface area contributed by atoms with E-state index in [1.54, 1.807) is 16.0 Å². The summed E-state index contributed by atoms with van der Waals surface area (Å²) in [6.07, 6.45) is 4.73. The van der Waals surface area contributed by atoms with E-state index in [1.807, 2.05) is 29.6 Å². The normalized spacial score (nSPS) is 14.3. The Kier molecular flexibility index (Phi) is 6.37. The van der Waals surface area contributed by atoms with Gasteiger partial charge in [-0.25, -0.2) is 19.4 Å². The van der Waals surface area contributed by atoms with Gasteiger partial charge in [-0.15, -0.1) is 16.4 Å². The van der Waals surface area contributed by atoms with E-state index in [0.717, 1.165) is 48.1 Å². The van der Waals surface area contributed by atoms with E-state index in [1.165, 1.54) is 18.6 Å². The number of nitrogens with zero attached hydrogens (tertiary/aromatic N) is 7. The quantitative estimate of drug-likeness (QED) is 0.406. The fourth-order valence-corrected chi connectivity index (χ4v) is 5.09. The first-order valence-electron chi connectivity index (χ1n) is 10.6. The lowest BCUT2D eigenvalue weighted by atomic mass is 9.97. The Morgan fingerprint density at radius 3 is 2.71 bits per heavy atom. The lowest BCUT2D eigenvalue weighted by molar-refractivity contribution is 0.0696. The number of hydrogen-bond acceptors (Lipinski definition) is 9. The molecule has 4 aromatic rings. The van der Waals surface area contributed by atoms with Gasteiger partial charge in [-0.2, -0.15) is 0 Å². The van der Waals surface area contributed by atoms with Crippen molar-refractivity contribution in [1.82, 2.24) is 30.2 Å². The molecule has 10 nitrogen and oxygen atoms in total. The van der Waals surface area contributed by atoms with Gasteiger partial charge in [-0.3, -0.25) is 0 Å². The number of tetrazole rings is 1. The molecule has 34 heavy (non-hydrogen) atoms. The van der Waals surface area contributed by atoms with E-state index in [9.17, 15) is 4.79 Å². The van der Waals surface area contributed by atoms with Gasteiger partial charge in [-0.05, 0) is 53.6 Å². The van der Waals surface area contributed by atoms with Gasteiger partial charge < -0.3 is 14.7 Å². The zero-order valence-electron chi connectivity index (χ0n) is 17.9. The zero-order valence-corrected chi connectivity index (χ0v) is 19.5. The number of halogens is 1. The lowest BCUT2D eigenvalue weighted by Crippen LogP contribution is -2.33. The standard InChI is InChI=1S/C22H20ClN7O3S/c23-19-9-15(22(31)32)10-24-20(19)29-7-5-14(6-8-29)21-26-16(12-34-21)11-33-18-3-1-17(2-4-18)30-13-25-27-28-30/h1-4,9-10,12-14H,5-8,11H2,(H,31,32). The van der Waals surface area contributed by atoms with Gasteiger partial charge in [-0.1, -0.05) is 11.6 Å². The molecule has 1 aromatic carbocycles. The van der Waals surface area contributed by atoms with Crippen molar-refractivity contribution in [3.8, 4) is 11.4 Å². The predicted octanol–water partition coefficient (Wildman–Crippen LogP) is 3.83. The minimum atomic E-state index is -1.04. The molecule has 0 unspecified atom stereocenters. The molecule has 0 amide bonds. The molecule has 4 heterocycles. The number of rotatable bonds is 7. The van der Waals surface area contributed by atoms with E-state index >= 15 is 0 Å². The minimum Gasteiger partial charge on any atom is -0.487 e. The van der Waals surface area contributed by atoms with Gasteiger partial charge in [0.15, 0.2) is 0 Å². The highest BCUT2D eigenvalue weighted by Gasteiger charge is 2.25. The Balaban J connectivity index is 1.15. The summed E-state index contributed by atoms with van der Waals surface area (Å²) in [4.78, 5) is 22.3. The summed E-state index contributed by atoms with van der Waals surface area (Å²) >= 11 is 7.94. The molecule has 5 rings (SSSR count). The van der Waals surface area contributed by atoms with Gasteiger partial charge in [0.2, 0.25) is 0 Å². The molecule has 1 saturated heterocycles. The highest BCUT2D eigenvalue weighted by Crippen LogP contribution is 2.34. The van der Waals surface area contributed by atoms with Crippen molar-refractivity contribution in [2.45, 2.75) is 25.4 Å². The molecule has 1 N–H and O–H groups in total. The lowest BCUT2D eigenvalue weighted by Gasteiger charge is -2.32. The number of carboxylic acid groups (broad SMARTS) is 1. The molecule has 1 aliphatic rings. The molecule has 0 atom stereocenters. The summed E-state index contributed by atoms with van der Waals surface area (Å²) in [5.41, 5.74) is 1.85. The molecule has 12 heteroatoms. The first kappa shape index (κ1) is 22.2. The number of benzene rings is 1. The first-order valence-corrected chi connectivity index (χ1v) is 11.9. The van der Waals surface area contributed by atoms with Crippen LogP contribution in [-0.4, -0.2) is 54.3 Å². The average molecular weight is 498 g/mol. The monoisotopic (exact) mass is 497 g/mol.